The molecule has 1 fully saturated rings. The third-order valence-corrected chi connectivity index (χ3v) is 6.38. The number of hydrogen-bond donors (Lipinski definition) is 0. The molecule has 1 atom stereocenters. The van der Waals surface area contributed by atoms with Crippen LogP contribution in [0, 0.1) is 12.8 Å². The predicted octanol–water partition coefficient (Wildman–Crippen LogP) is 5.62. The summed E-state index contributed by atoms with van der Waals surface area (Å²) < 4.78 is 5.42. The van der Waals surface area contributed by atoms with Crippen molar-refractivity contribution in [3.8, 4) is 11.4 Å². The van der Waals surface area contributed by atoms with Crippen LogP contribution in [0.4, 0.5) is 5.69 Å². The molecule has 4 rings (SSSR count). The lowest BCUT2D eigenvalue weighted by atomic mass is 9.95. The highest BCUT2D eigenvalue weighted by Crippen LogP contribution is 2.29. The molecule has 1 aliphatic heterocycles. The van der Waals surface area contributed by atoms with Crippen LogP contribution in [0.2, 0.25) is 10.0 Å². The van der Waals surface area contributed by atoms with Crippen LogP contribution < -0.4 is 4.90 Å². The molecule has 1 amide bonds. The molecule has 1 aliphatic rings. The van der Waals surface area contributed by atoms with Gasteiger partial charge < -0.3 is 14.3 Å². The van der Waals surface area contributed by atoms with Crippen molar-refractivity contribution in [2.24, 2.45) is 5.92 Å². The number of aryl methyl sites for hydroxylation is 1. The average molecular weight is 473 g/mol. The number of benzene rings is 2. The Hall–Kier alpha value is -2.57. The van der Waals surface area contributed by atoms with E-state index < -0.39 is 0 Å². The molecule has 0 bridgehead atoms. The molecule has 1 aromatic heterocycles. The Balaban J connectivity index is 1.44. The van der Waals surface area contributed by atoms with Crippen LogP contribution in [0.1, 0.15) is 31.2 Å². The van der Waals surface area contributed by atoms with E-state index >= 15 is 0 Å². The number of carbonyl (C=O) groups excluding carboxylic acids is 1. The van der Waals surface area contributed by atoms with Gasteiger partial charge in [0.2, 0.25) is 17.6 Å². The maximum Gasteiger partial charge on any atom is 0.246 e. The fourth-order valence-corrected chi connectivity index (χ4v) is 4.53. The Kier molecular flexibility index (Phi) is 7.01. The molecule has 8 heteroatoms. The minimum absolute atomic E-state index is 0.0573. The molecule has 32 heavy (non-hydrogen) atoms. The fraction of sp³-hybridized carbons (Fsp3) is 0.375. The van der Waals surface area contributed by atoms with E-state index in [0.717, 1.165) is 25.1 Å². The molecule has 0 spiro atoms. The number of nitrogens with zero attached hydrogens (tertiary/aromatic N) is 4. The van der Waals surface area contributed by atoms with E-state index in [0.29, 0.717) is 40.4 Å². The first-order valence-electron chi connectivity index (χ1n) is 10.8. The molecule has 6 nitrogen and oxygen atoms in total. The van der Waals surface area contributed by atoms with Crippen molar-refractivity contribution in [3.63, 3.8) is 0 Å². The van der Waals surface area contributed by atoms with Crippen molar-refractivity contribution in [1.82, 2.24) is 15.0 Å². The van der Waals surface area contributed by atoms with Crippen molar-refractivity contribution < 1.29 is 9.32 Å². The maximum absolute atomic E-state index is 13.3. The number of halogens is 2. The van der Waals surface area contributed by atoms with Gasteiger partial charge in [-0.3, -0.25) is 4.79 Å². The first kappa shape index (κ1) is 22.6. The number of anilines is 1. The highest BCUT2D eigenvalue weighted by molar-refractivity contribution is 6.36. The average Bonchev–Trinajstić information content (AvgIpc) is 3.26. The third kappa shape index (κ3) is 5.08. The number of piperidine rings is 1. The maximum atomic E-state index is 13.3. The summed E-state index contributed by atoms with van der Waals surface area (Å²) in [5, 5.41) is 5.02. The highest BCUT2D eigenvalue weighted by atomic mass is 35.5. The molecule has 0 saturated carbocycles. The van der Waals surface area contributed by atoms with Gasteiger partial charge in [0, 0.05) is 35.9 Å². The van der Waals surface area contributed by atoms with Gasteiger partial charge in [-0.15, -0.1) is 0 Å². The van der Waals surface area contributed by atoms with Crippen molar-refractivity contribution in [2.45, 2.75) is 33.2 Å². The molecular formula is C24H26Cl2N4O2. The quantitative estimate of drug-likeness (QED) is 0.465. The molecule has 0 unspecified atom stereocenters. The second kappa shape index (κ2) is 9.92. The van der Waals surface area contributed by atoms with Gasteiger partial charge >= 0.3 is 0 Å². The lowest BCUT2D eigenvalue weighted by molar-refractivity contribution is -0.136. The Morgan fingerprint density at radius 2 is 2.00 bits per heavy atom. The molecule has 168 valence electrons. The van der Waals surface area contributed by atoms with Crippen molar-refractivity contribution >= 4 is 34.8 Å². The Morgan fingerprint density at radius 1 is 1.22 bits per heavy atom. The van der Waals surface area contributed by atoms with Crippen LogP contribution in [0.25, 0.3) is 11.4 Å². The first-order valence-corrected chi connectivity index (χ1v) is 11.6. The molecular weight excluding hydrogens is 447 g/mol. The van der Waals surface area contributed by atoms with E-state index in [1.165, 1.54) is 5.56 Å². The lowest BCUT2D eigenvalue weighted by Crippen LogP contribution is -2.44. The van der Waals surface area contributed by atoms with Crippen molar-refractivity contribution in [1.29, 1.82) is 0 Å². The zero-order valence-corrected chi connectivity index (χ0v) is 19.7. The zero-order valence-electron chi connectivity index (χ0n) is 18.2. The molecule has 2 aromatic carbocycles. The Morgan fingerprint density at radius 3 is 2.72 bits per heavy atom. The van der Waals surface area contributed by atoms with Gasteiger partial charge in [0.25, 0.3) is 0 Å². The summed E-state index contributed by atoms with van der Waals surface area (Å²) in [5.74, 6) is 0.826. The Labute approximate surface area is 198 Å². The van der Waals surface area contributed by atoms with Crippen molar-refractivity contribution in [2.75, 3.05) is 24.5 Å². The topological polar surface area (TPSA) is 62.5 Å². The molecule has 2 heterocycles. The van der Waals surface area contributed by atoms with E-state index in [4.69, 9.17) is 27.7 Å². The second-order valence-corrected chi connectivity index (χ2v) is 8.95. The zero-order chi connectivity index (χ0) is 22.7. The van der Waals surface area contributed by atoms with Gasteiger partial charge in [-0.1, -0.05) is 46.1 Å². The van der Waals surface area contributed by atoms with Crippen molar-refractivity contribution in [3.05, 3.63) is 64.0 Å². The fourth-order valence-electron chi connectivity index (χ4n) is 4.04. The third-order valence-electron chi connectivity index (χ3n) is 5.83. The summed E-state index contributed by atoms with van der Waals surface area (Å²) in [4.78, 5) is 21.8. The SMILES string of the molecule is CCN(Cc1nc(-c2ccc(Cl)cc2Cl)no1)C(=O)[C@H]1CCCN(c2ccc(C)cc2)C1. The summed E-state index contributed by atoms with van der Waals surface area (Å²) >= 11 is 12.2. The van der Waals surface area contributed by atoms with Crippen LogP contribution in [-0.4, -0.2) is 40.6 Å². The van der Waals surface area contributed by atoms with Crippen LogP contribution >= 0.6 is 23.2 Å². The smallest absolute Gasteiger partial charge is 0.246 e. The number of rotatable bonds is 6. The largest absolute Gasteiger partial charge is 0.371 e. The van der Waals surface area contributed by atoms with E-state index in [-0.39, 0.29) is 18.4 Å². The summed E-state index contributed by atoms with van der Waals surface area (Å²) in [6.07, 6.45) is 1.87. The van der Waals surface area contributed by atoms with E-state index in [2.05, 4.69) is 46.2 Å². The number of amides is 1. The highest BCUT2D eigenvalue weighted by Gasteiger charge is 2.30. The lowest BCUT2D eigenvalue weighted by Gasteiger charge is -2.35. The normalized spacial score (nSPS) is 16.2. The second-order valence-electron chi connectivity index (χ2n) is 8.11. The first-order chi connectivity index (χ1) is 15.4. The molecule has 3 aromatic rings. The summed E-state index contributed by atoms with van der Waals surface area (Å²) in [6, 6.07) is 13.6. The van der Waals surface area contributed by atoms with Crippen LogP contribution in [0.15, 0.2) is 47.0 Å². The predicted molar refractivity (Wildman–Crippen MR) is 127 cm³/mol. The summed E-state index contributed by atoms with van der Waals surface area (Å²) in [6.45, 7) is 6.57. The minimum Gasteiger partial charge on any atom is -0.371 e. The molecule has 0 radical (unpaired) electrons. The van der Waals surface area contributed by atoms with Gasteiger partial charge in [-0.05, 0) is 57.0 Å². The minimum atomic E-state index is -0.0573. The van der Waals surface area contributed by atoms with Gasteiger partial charge in [-0.2, -0.15) is 4.98 Å². The van der Waals surface area contributed by atoms with Gasteiger partial charge in [-0.25, -0.2) is 0 Å². The van der Waals surface area contributed by atoms with Gasteiger partial charge in [0.1, 0.15) is 0 Å². The van der Waals surface area contributed by atoms with Gasteiger partial charge in [0.15, 0.2) is 0 Å². The van der Waals surface area contributed by atoms with Crippen LogP contribution in [0.3, 0.4) is 0 Å². The number of carbonyl (C=O) groups is 1. The standard InChI is InChI=1S/C24H26Cl2N4O2/c1-3-29(15-22-27-23(28-32-22)20-11-8-18(25)13-21(20)26)24(31)17-5-4-12-30(14-17)19-9-6-16(2)7-10-19/h6-11,13,17H,3-5,12,14-15H2,1-2H3/t17-/m0/s1. The Bertz CT molecular complexity index is 1080. The van der Waals surface area contributed by atoms with Crippen LogP contribution in [0.5, 0.6) is 0 Å². The monoisotopic (exact) mass is 472 g/mol. The van der Waals surface area contributed by atoms with E-state index in [1.54, 1.807) is 23.1 Å². The van der Waals surface area contributed by atoms with Gasteiger partial charge in [0.05, 0.1) is 17.5 Å². The number of aromatic nitrogens is 2. The van der Waals surface area contributed by atoms with E-state index in [1.807, 2.05) is 6.92 Å². The summed E-state index contributed by atoms with van der Waals surface area (Å²) in [7, 11) is 0. The van der Waals surface area contributed by atoms with E-state index in [9.17, 15) is 4.79 Å². The molecule has 1 saturated heterocycles. The number of hydrogen-bond acceptors (Lipinski definition) is 5. The molecule has 0 aliphatic carbocycles. The van der Waals surface area contributed by atoms with Crippen LogP contribution in [-0.2, 0) is 11.3 Å². The summed E-state index contributed by atoms with van der Waals surface area (Å²) in [5.41, 5.74) is 3.04. The molecule has 0 N–H and O–H groups in total.